The van der Waals surface area contributed by atoms with E-state index in [1.165, 1.54) is 54.7 Å². The molecule has 200 valence electrons. The lowest BCUT2D eigenvalue weighted by Gasteiger charge is -2.41. The van der Waals surface area contributed by atoms with Crippen LogP contribution in [0.25, 0.3) is 0 Å². The van der Waals surface area contributed by atoms with Crippen molar-refractivity contribution in [2.45, 2.75) is 136 Å². The standard InChI is InChI=1S/C33H50S3/c1-11-14-16-24-20-21-34-29(24)31(5,6)27-18-19-28(36-27)32(7,8)33(9,10)30-25(17-15-12-2)22-26(35-30)23(4)13-3/h18-23H,11-17H2,1-10H3. The van der Waals surface area contributed by atoms with Gasteiger partial charge in [-0.2, -0.15) is 0 Å². The Balaban J connectivity index is 1.99. The van der Waals surface area contributed by atoms with E-state index < -0.39 is 0 Å². The first-order valence-electron chi connectivity index (χ1n) is 14.2. The maximum Gasteiger partial charge on any atom is 0.0336 e. The molecule has 3 heterocycles. The quantitative estimate of drug-likeness (QED) is 0.201. The molecule has 0 nitrogen and oxygen atoms in total. The zero-order chi connectivity index (χ0) is 26.7. The molecule has 36 heavy (non-hydrogen) atoms. The number of hydrogen-bond acceptors (Lipinski definition) is 3. The lowest BCUT2D eigenvalue weighted by molar-refractivity contribution is 0.312. The molecule has 0 aliphatic carbocycles. The van der Waals surface area contributed by atoms with Gasteiger partial charge in [0.25, 0.3) is 0 Å². The van der Waals surface area contributed by atoms with E-state index in [0.29, 0.717) is 5.92 Å². The minimum atomic E-state index is 0.0467. The van der Waals surface area contributed by atoms with E-state index in [1.54, 1.807) is 25.8 Å². The fourth-order valence-electron chi connectivity index (χ4n) is 5.14. The summed E-state index contributed by atoms with van der Waals surface area (Å²) in [6.07, 6.45) is 8.68. The van der Waals surface area contributed by atoms with Crippen LogP contribution in [0.5, 0.6) is 0 Å². The summed E-state index contributed by atoms with van der Waals surface area (Å²) >= 11 is 6.10. The molecule has 1 unspecified atom stereocenters. The third-order valence-corrected chi connectivity index (χ3v) is 13.6. The van der Waals surface area contributed by atoms with Crippen LogP contribution < -0.4 is 0 Å². The van der Waals surface area contributed by atoms with Gasteiger partial charge in [-0.25, -0.2) is 0 Å². The highest BCUT2D eigenvalue weighted by molar-refractivity contribution is 7.13. The molecule has 0 spiro atoms. The summed E-state index contributed by atoms with van der Waals surface area (Å²) in [6.45, 7) is 24.2. The van der Waals surface area contributed by atoms with E-state index in [4.69, 9.17) is 0 Å². The fourth-order valence-corrected chi connectivity index (χ4v) is 9.28. The summed E-state index contributed by atoms with van der Waals surface area (Å²) in [5.74, 6) is 0.643. The minimum Gasteiger partial charge on any atom is -0.148 e. The third-order valence-electron chi connectivity index (χ3n) is 8.81. The summed E-state index contributed by atoms with van der Waals surface area (Å²) in [4.78, 5) is 7.76. The summed E-state index contributed by atoms with van der Waals surface area (Å²) in [6, 6.07) is 9.79. The highest BCUT2D eigenvalue weighted by atomic mass is 32.1. The van der Waals surface area contributed by atoms with Gasteiger partial charge in [-0.3, -0.25) is 0 Å². The van der Waals surface area contributed by atoms with Crippen molar-refractivity contribution in [3.05, 3.63) is 65.2 Å². The number of rotatable bonds is 13. The van der Waals surface area contributed by atoms with Crippen LogP contribution in [0.3, 0.4) is 0 Å². The van der Waals surface area contributed by atoms with Gasteiger partial charge in [-0.1, -0.05) is 82.1 Å². The predicted molar refractivity (Wildman–Crippen MR) is 167 cm³/mol. The molecule has 0 aliphatic heterocycles. The van der Waals surface area contributed by atoms with Crippen LogP contribution in [0.2, 0.25) is 0 Å². The van der Waals surface area contributed by atoms with Gasteiger partial charge in [-0.05, 0) is 78.8 Å². The maximum atomic E-state index is 2.55. The van der Waals surface area contributed by atoms with E-state index in [0.717, 1.165) is 0 Å². The van der Waals surface area contributed by atoms with Crippen LogP contribution in [-0.2, 0) is 29.1 Å². The van der Waals surface area contributed by atoms with Crippen molar-refractivity contribution in [1.29, 1.82) is 0 Å². The first-order valence-corrected chi connectivity index (χ1v) is 16.7. The number of unbranched alkanes of at least 4 members (excludes halogenated alkanes) is 2. The molecule has 0 bridgehead atoms. The molecule has 3 aromatic heterocycles. The molecule has 0 radical (unpaired) electrons. The van der Waals surface area contributed by atoms with Crippen molar-refractivity contribution in [1.82, 2.24) is 0 Å². The van der Waals surface area contributed by atoms with Crippen molar-refractivity contribution in [3.8, 4) is 0 Å². The molecular formula is C33H50S3. The zero-order valence-electron chi connectivity index (χ0n) is 24.6. The molecule has 0 aliphatic rings. The highest BCUT2D eigenvalue weighted by Crippen LogP contribution is 2.52. The van der Waals surface area contributed by atoms with Gasteiger partial charge in [0.1, 0.15) is 0 Å². The van der Waals surface area contributed by atoms with Crippen LogP contribution in [-0.4, -0.2) is 0 Å². The summed E-state index contributed by atoms with van der Waals surface area (Å²) in [5, 5.41) is 2.30. The van der Waals surface area contributed by atoms with Crippen molar-refractivity contribution in [3.63, 3.8) is 0 Å². The zero-order valence-corrected chi connectivity index (χ0v) is 27.1. The Morgan fingerprint density at radius 2 is 1.33 bits per heavy atom. The molecule has 0 saturated heterocycles. The molecule has 0 amide bonds. The molecule has 0 N–H and O–H groups in total. The highest BCUT2D eigenvalue weighted by Gasteiger charge is 2.44. The Morgan fingerprint density at radius 1 is 0.722 bits per heavy atom. The average molecular weight is 543 g/mol. The van der Waals surface area contributed by atoms with E-state index in [1.807, 2.05) is 11.3 Å². The van der Waals surface area contributed by atoms with Crippen molar-refractivity contribution in [2.24, 2.45) is 0 Å². The molecule has 1 atom stereocenters. The first kappa shape index (κ1) is 29.7. The fraction of sp³-hybridized carbons (Fsp3) is 0.636. The van der Waals surface area contributed by atoms with Gasteiger partial charge >= 0.3 is 0 Å². The Morgan fingerprint density at radius 3 is 1.94 bits per heavy atom. The average Bonchev–Trinajstić information content (AvgIpc) is 3.60. The second-order valence-electron chi connectivity index (χ2n) is 12.3. The summed E-state index contributed by atoms with van der Waals surface area (Å²) in [7, 11) is 0. The van der Waals surface area contributed by atoms with E-state index in [9.17, 15) is 0 Å². The van der Waals surface area contributed by atoms with E-state index in [-0.39, 0.29) is 16.2 Å². The monoisotopic (exact) mass is 542 g/mol. The van der Waals surface area contributed by atoms with Crippen molar-refractivity contribution in [2.75, 3.05) is 0 Å². The first-order chi connectivity index (χ1) is 16.9. The van der Waals surface area contributed by atoms with Crippen molar-refractivity contribution < 1.29 is 0 Å². The molecule has 3 aromatic rings. The van der Waals surface area contributed by atoms with Crippen LogP contribution in [0.4, 0.5) is 0 Å². The molecule has 0 saturated carbocycles. The van der Waals surface area contributed by atoms with Crippen LogP contribution in [0, 0.1) is 0 Å². The van der Waals surface area contributed by atoms with Gasteiger partial charge in [0, 0.05) is 40.6 Å². The second kappa shape index (κ2) is 11.9. The Bertz CT molecular complexity index is 1100. The number of hydrogen-bond donors (Lipinski definition) is 0. The summed E-state index contributed by atoms with van der Waals surface area (Å²) in [5.41, 5.74) is 3.32. The lowest BCUT2D eigenvalue weighted by atomic mass is 9.65. The van der Waals surface area contributed by atoms with Gasteiger partial charge in [0.15, 0.2) is 0 Å². The van der Waals surface area contributed by atoms with Crippen LogP contribution in [0.1, 0.15) is 143 Å². The Labute approximate surface area is 234 Å². The van der Waals surface area contributed by atoms with Crippen LogP contribution in [0.15, 0.2) is 29.6 Å². The number of thiophene rings is 3. The lowest BCUT2D eigenvalue weighted by Crippen LogP contribution is -2.39. The largest absolute Gasteiger partial charge is 0.148 e. The number of aryl methyl sites for hydroxylation is 2. The topological polar surface area (TPSA) is 0 Å². The minimum absolute atomic E-state index is 0.0467. The van der Waals surface area contributed by atoms with Gasteiger partial charge < -0.3 is 0 Å². The normalized spacial score (nSPS) is 13.9. The Kier molecular flexibility index (Phi) is 9.78. The molecule has 0 fully saturated rings. The van der Waals surface area contributed by atoms with Gasteiger partial charge in [0.05, 0.1) is 0 Å². The molecule has 0 aromatic carbocycles. The Hall–Kier alpha value is -0.900. The molecule has 3 heteroatoms. The van der Waals surface area contributed by atoms with E-state index >= 15 is 0 Å². The molecule has 3 rings (SSSR count). The smallest absolute Gasteiger partial charge is 0.0336 e. The maximum absolute atomic E-state index is 2.55. The van der Waals surface area contributed by atoms with Crippen molar-refractivity contribution >= 4 is 34.0 Å². The molecular weight excluding hydrogens is 493 g/mol. The second-order valence-corrected chi connectivity index (χ2v) is 15.4. The van der Waals surface area contributed by atoms with Crippen LogP contribution >= 0.6 is 34.0 Å². The van der Waals surface area contributed by atoms with E-state index in [2.05, 4.69) is 122 Å². The van der Waals surface area contributed by atoms with Gasteiger partial charge in [-0.15, -0.1) is 34.0 Å². The summed E-state index contributed by atoms with van der Waals surface area (Å²) < 4.78 is 0. The predicted octanol–water partition coefficient (Wildman–Crippen LogP) is 11.7. The third kappa shape index (κ3) is 5.74. The SMILES string of the molecule is CCCCc1ccsc1C(C)(C)c1ccc(C(C)(C)C(C)(C)c2sc(C(C)CC)cc2CCCC)s1. The van der Waals surface area contributed by atoms with Gasteiger partial charge in [0.2, 0.25) is 0 Å².